The van der Waals surface area contributed by atoms with Crippen molar-refractivity contribution >= 4 is 23.0 Å². The van der Waals surface area contributed by atoms with Gasteiger partial charge in [0.1, 0.15) is 12.0 Å². The van der Waals surface area contributed by atoms with Crippen LogP contribution in [0.25, 0.3) is 0 Å². The van der Waals surface area contributed by atoms with Crippen molar-refractivity contribution in [3.8, 4) is 0 Å². The summed E-state index contributed by atoms with van der Waals surface area (Å²) in [5.41, 5.74) is 8.83. The Morgan fingerprint density at radius 3 is 2.45 bits per heavy atom. The van der Waals surface area contributed by atoms with E-state index in [1.165, 1.54) is 24.7 Å². The van der Waals surface area contributed by atoms with E-state index in [1.54, 1.807) is 7.05 Å². The van der Waals surface area contributed by atoms with Gasteiger partial charge in [0, 0.05) is 12.7 Å². The van der Waals surface area contributed by atoms with Crippen LogP contribution in [-0.2, 0) is 6.42 Å². The average Bonchev–Trinajstić information content (AvgIpc) is 2.48. The number of benzene rings is 1. The van der Waals surface area contributed by atoms with Crippen molar-refractivity contribution < 1.29 is 0 Å². The second kappa shape index (κ2) is 6.75. The molecule has 0 aliphatic heterocycles. The lowest BCUT2D eigenvalue weighted by molar-refractivity contribution is 0.795. The van der Waals surface area contributed by atoms with E-state index in [0.29, 0.717) is 17.3 Å². The number of nitrogens with one attached hydrogen (secondary N) is 2. The van der Waals surface area contributed by atoms with Gasteiger partial charge < -0.3 is 16.4 Å². The summed E-state index contributed by atoms with van der Waals surface area (Å²) in [7, 11) is 1.78. The molecule has 0 aliphatic carbocycles. The molecule has 0 radical (unpaired) electrons. The predicted molar refractivity (Wildman–Crippen MR) is 84.3 cm³/mol. The van der Waals surface area contributed by atoms with Gasteiger partial charge in [-0.2, -0.15) is 0 Å². The molecule has 0 fully saturated rings. The van der Waals surface area contributed by atoms with Crippen molar-refractivity contribution in [3.63, 3.8) is 0 Å². The molecule has 0 aliphatic rings. The van der Waals surface area contributed by atoms with Crippen LogP contribution in [0.4, 0.5) is 23.0 Å². The fourth-order valence-electron chi connectivity index (χ4n) is 1.97. The molecular weight excluding hydrogens is 250 g/mol. The standard InChI is InChI=1S/C15H21N5/c1-3-4-5-11-6-8-12(9-7-11)20-15-13(16)14(17-2)18-10-19-15/h6-10H,3-5,16H2,1-2H3,(H2,17,18,19,20). The summed E-state index contributed by atoms with van der Waals surface area (Å²) in [5.74, 6) is 1.24. The van der Waals surface area contributed by atoms with Crippen LogP contribution >= 0.6 is 0 Å². The quantitative estimate of drug-likeness (QED) is 0.752. The SMILES string of the molecule is CCCCc1ccc(Nc2ncnc(NC)c2N)cc1. The zero-order chi connectivity index (χ0) is 14.4. The van der Waals surface area contributed by atoms with Crippen LogP contribution in [0.1, 0.15) is 25.3 Å². The minimum Gasteiger partial charge on any atom is -0.393 e. The molecule has 0 bridgehead atoms. The van der Waals surface area contributed by atoms with Crippen LogP contribution in [0.3, 0.4) is 0 Å². The maximum absolute atomic E-state index is 5.99. The van der Waals surface area contributed by atoms with Crippen LogP contribution in [0, 0.1) is 0 Å². The van der Waals surface area contributed by atoms with Gasteiger partial charge >= 0.3 is 0 Å². The minimum absolute atomic E-state index is 0.519. The molecule has 0 saturated heterocycles. The molecule has 0 spiro atoms. The van der Waals surface area contributed by atoms with Crippen LogP contribution in [0.5, 0.6) is 0 Å². The van der Waals surface area contributed by atoms with E-state index in [2.05, 4.69) is 39.7 Å². The Balaban J connectivity index is 2.10. The highest BCUT2D eigenvalue weighted by atomic mass is 15.1. The number of hydrogen-bond donors (Lipinski definition) is 3. The fraction of sp³-hybridized carbons (Fsp3) is 0.333. The Bertz CT molecular complexity index is 551. The number of unbranched alkanes of at least 4 members (excludes halogenated alkanes) is 1. The molecule has 1 aromatic carbocycles. The molecule has 106 valence electrons. The van der Waals surface area contributed by atoms with Gasteiger partial charge in [0.25, 0.3) is 0 Å². The first-order valence-electron chi connectivity index (χ1n) is 6.88. The summed E-state index contributed by atoms with van der Waals surface area (Å²) in [4.78, 5) is 8.23. The zero-order valence-electron chi connectivity index (χ0n) is 12.0. The summed E-state index contributed by atoms with van der Waals surface area (Å²) >= 11 is 0. The number of aromatic nitrogens is 2. The van der Waals surface area contributed by atoms with E-state index < -0.39 is 0 Å². The highest BCUT2D eigenvalue weighted by molar-refractivity contribution is 5.77. The molecular formula is C15H21N5. The Kier molecular flexibility index (Phi) is 4.76. The van der Waals surface area contributed by atoms with Crippen LogP contribution in [-0.4, -0.2) is 17.0 Å². The Morgan fingerprint density at radius 1 is 1.10 bits per heavy atom. The maximum atomic E-state index is 5.99. The van der Waals surface area contributed by atoms with Gasteiger partial charge in [0.05, 0.1) is 0 Å². The van der Waals surface area contributed by atoms with Crippen molar-refractivity contribution in [1.82, 2.24) is 9.97 Å². The summed E-state index contributed by atoms with van der Waals surface area (Å²) in [6, 6.07) is 8.36. The normalized spacial score (nSPS) is 10.3. The Labute approximate surface area is 119 Å². The number of anilines is 4. The lowest BCUT2D eigenvalue weighted by atomic mass is 10.1. The number of nitrogen functional groups attached to an aromatic ring is 1. The Morgan fingerprint density at radius 2 is 1.80 bits per heavy atom. The van der Waals surface area contributed by atoms with Crippen molar-refractivity contribution in [2.75, 3.05) is 23.4 Å². The number of hydrogen-bond acceptors (Lipinski definition) is 5. The summed E-state index contributed by atoms with van der Waals surface area (Å²) in [6.07, 6.45) is 5.04. The number of aryl methyl sites for hydroxylation is 1. The molecule has 1 heterocycles. The minimum atomic E-state index is 0.519. The molecule has 4 N–H and O–H groups in total. The molecule has 1 aromatic heterocycles. The largest absolute Gasteiger partial charge is 0.393 e. The van der Waals surface area contributed by atoms with Crippen molar-refractivity contribution in [3.05, 3.63) is 36.2 Å². The van der Waals surface area contributed by atoms with Crippen LogP contribution < -0.4 is 16.4 Å². The molecule has 0 atom stereocenters. The first-order valence-corrected chi connectivity index (χ1v) is 6.88. The third kappa shape index (κ3) is 3.38. The van der Waals surface area contributed by atoms with Crippen molar-refractivity contribution in [2.45, 2.75) is 26.2 Å². The van der Waals surface area contributed by atoms with Gasteiger partial charge in [-0.3, -0.25) is 0 Å². The van der Waals surface area contributed by atoms with Gasteiger partial charge in [0.15, 0.2) is 11.6 Å². The Hall–Kier alpha value is -2.30. The highest BCUT2D eigenvalue weighted by Gasteiger charge is 2.06. The van der Waals surface area contributed by atoms with E-state index in [0.717, 1.165) is 12.1 Å². The highest BCUT2D eigenvalue weighted by Crippen LogP contribution is 2.25. The van der Waals surface area contributed by atoms with Gasteiger partial charge in [-0.15, -0.1) is 0 Å². The fourth-order valence-corrected chi connectivity index (χ4v) is 1.97. The van der Waals surface area contributed by atoms with E-state index in [1.807, 2.05) is 12.1 Å². The monoisotopic (exact) mass is 271 g/mol. The smallest absolute Gasteiger partial charge is 0.159 e. The summed E-state index contributed by atoms with van der Waals surface area (Å²) in [5, 5.41) is 6.15. The molecule has 5 heteroatoms. The van der Waals surface area contributed by atoms with E-state index in [-0.39, 0.29) is 0 Å². The molecule has 2 rings (SSSR count). The first kappa shape index (κ1) is 14.1. The van der Waals surface area contributed by atoms with Crippen LogP contribution in [0.15, 0.2) is 30.6 Å². The van der Waals surface area contributed by atoms with Gasteiger partial charge in [-0.25, -0.2) is 9.97 Å². The third-order valence-corrected chi connectivity index (χ3v) is 3.16. The third-order valence-electron chi connectivity index (χ3n) is 3.16. The molecule has 0 unspecified atom stereocenters. The number of rotatable bonds is 6. The van der Waals surface area contributed by atoms with Gasteiger partial charge in [0.2, 0.25) is 0 Å². The van der Waals surface area contributed by atoms with E-state index in [4.69, 9.17) is 5.73 Å². The van der Waals surface area contributed by atoms with E-state index in [9.17, 15) is 0 Å². The zero-order valence-corrected chi connectivity index (χ0v) is 12.0. The number of nitrogens with zero attached hydrogens (tertiary/aromatic N) is 2. The summed E-state index contributed by atoms with van der Waals surface area (Å²) in [6.45, 7) is 2.20. The molecule has 0 amide bonds. The van der Waals surface area contributed by atoms with E-state index >= 15 is 0 Å². The average molecular weight is 271 g/mol. The molecule has 2 aromatic rings. The molecule has 0 saturated carbocycles. The molecule has 20 heavy (non-hydrogen) atoms. The lowest BCUT2D eigenvalue weighted by Gasteiger charge is -2.11. The van der Waals surface area contributed by atoms with Crippen molar-refractivity contribution in [1.29, 1.82) is 0 Å². The second-order valence-electron chi connectivity index (χ2n) is 4.66. The maximum Gasteiger partial charge on any atom is 0.159 e. The lowest BCUT2D eigenvalue weighted by Crippen LogP contribution is -2.04. The van der Waals surface area contributed by atoms with Gasteiger partial charge in [-0.1, -0.05) is 25.5 Å². The second-order valence-corrected chi connectivity index (χ2v) is 4.66. The van der Waals surface area contributed by atoms with Gasteiger partial charge in [-0.05, 0) is 30.5 Å². The topological polar surface area (TPSA) is 75.9 Å². The molecule has 5 nitrogen and oxygen atoms in total. The summed E-state index contributed by atoms with van der Waals surface area (Å²) < 4.78 is 0. The first-order chi connectivity index (χ1) is 9.74. The number of nitrogens with two attached hydrogens (primary N) is 1. The van der Waals surface area contributed by atoms with Crippen molar-refractivity contribution in [2.24, 2.45) is 0 Å². The van der Waals surface area contributed by atoms with Crippen LogP contribution in [0.2, 0.25) is 0 Å². The predicted octanol–water partition coefficient (Wildman–Crippen LogP) is 3.19.